The highest BCUT2D eigenvalue weighted by atomic mass is 16.1. The summed E-state index contributed by atoms with van der Waals surface area (Å²) in [6.07, 6.45) is 1.78. The molecule has 0 fully saturated rings. The third-order valence-electron chi connectivity index (χ3n) is 3.25. The Morgan fingerprint density at radius 3 is 2.56 bits per heavy atom. The fourth-order valence-electron chi connectivity index (χ4n) is 2.27. The summed E-state index contributed by atoms with van der Waals surface area (Å²) in [6, 6.07) is 7.82. The molecule has 2 N–H and O–H groups in total. The molecule has 2 aromatic rings. The maximum absolute atomic E-state index is 12.3. The van der Waals surface area contributed by atoms with Gasteiger partial charge in [0.2, 0.25) is 0 Å². The zero-order valence-corrected chi connectivity index (χ0v) is 11.1. The molecule has 0 saturated heterocycles. The molecule has 0 aliphatic rings. The van der Waals surface area contributed by atoms with Crippen LogP contribution >= 0.6 is 0 Å². The van der Waals surface area contributed by atoms with Gasteiger partial charge >= 0.3 is 0 Å². The molecule has 2 rings (SSSR count). The van der Waals surface area contributed by atoms with E-state index in [1.54, 1.807) is 4.68 Å². The Hall–Kier alpha value is -1.97. The molecule has 1 aromatic heterocycles. The molecule has 0 atom stereocenters. The van der Waals surface area contributed by atoms with Gasteiger partial charge in [-0.1, -0.05) is 31.5 Å². The number of benzene rings is 1. The summed E-state index contributed by atoms with van der Waals surface area (Å²) < 4.78 is 3.51. The number of nitrogens with zero attached hydrogens (tertiary/aromatic N) is 2. The van der Waals surface area contributed by atoms with E-state index in [9.17, 15) is 4.79 Å². The van der Waals surface area contributed by atoms with Crippen molar-refractivity contribution in [2.24, 2.45) is 7.05 Å². The normalized spacial score (nSPS) is 10.8. The topological polar surface area (TPSA) is 53.0 Å². The third kappa shape index (κ3) is 1.83. The van der Waals surface area contributed by atoms with Gasteiger partial charge in [-0.3, -0.25) is 9.48 Å². The molecule has 0 unspecified atom stereocenters. The minimum absolute atomic E-state index is 0.129. The Morgan fingerprint density at radius 2 is 1.94 bits per heavy atom. The van der Waals surface area contributed by atoms with Crippen molar-refractivity contribution in [2.75, 3.05) is 5.73 Å². The minimum atomic E-state index is -0.129. The highest BCUT2D eigenvalue weighted by molar-refractivity contribution is 5.47. The van der Waals surface area contributed by atoms with E-state index in [1.165, 1.54) is 0 Å². The molecule has 0 aliphatic heterocycles. The van der Waals surface area contributed by atoms with Crippen LogP contribution in [0, 0.1) is 6.92 Å². The Bertz CT molecular complexity index is 622. The predicted octanol–water partition coefficient (Wildman–Crippen LogP) is 2.02. The maximum atomic E-state index is 12.3. The number of aromatic nitrogens is 2. The van der Waals surface area contributed by atoms with Crippen LogP contribution in [0.15, 0.2) is 29.1 Å². The molecule has 0 spiro atoms. The van der Waals surface area contributed by atoms with E-state index >= 15 is 0 Å². The van der Waals surface area contributed by atoms with Crippen LogP contribution in [0.4, 0.5) is 5.69 Å². The second-order valence-electron chi connectivity index (χ2n) is 4.54. The first-order valence-corrected chi connectivity index (χ1v) is 6.20. The summed E-state index contributed by atoms with van der Waals surface area (Å²) in [6.45, 7) is 4.07. The zero-order valence-electron chi connectivity index (χ0n) is 11.1. The maximum Gasteiger partial charge on any atom is 0.294 e. The van der Waals surface area contributed by atoms with E-state index < -0.39 is 0 Å². The summed E-state index contributed by atoms with van der Waals surface area (Å²) in [7, 11) is 1.88. The van der Waals surface area contributed by atoms with Gasteiger partial charge in [-0.25, -0.2) is 4.68 Å². The minimum Gasteiger partial charge on any atom is -0.393 e. The van der Waals surface area contributed by atoms with Crippen LogP contribution in [0.1, 0.15) is 24.6 Å². The predicted molar refractivity (Wildman–Crippen MR) is 74.2 cm³/mol. The summed E-state index contributed by atoms with van der Waals surface area (Å²) in [5.74, 6) is 0. The van der Waals surface area contributed by atoms with Crippen molar-refractivity contribution in [3.8, 4) is 5.69 Å². The monoisotopic (exact) mass is 245 g/mol. The highest BCUT2D eigenvalue weighted by Crippen LogP contribution is 2.16. The van der Waals surface area contributed by atoms with Crippen molar-refractivity contribution in [3.05, 3.63) is 45.9 Å². The number of rotatable bonds is 3. The van der Waals surface area contributed by atoms with Crippen molar-refractivity contribution in [2.45, 2.75) is 26.7 Å². The molecule has 0 amide bonds. The number of aryl methyl sites for hydroxylation is 1. The Morgan fingerprint density at radius 1 is 1.28 bits per heavy atom. The fourth-order valence-corrected chi connectivity index (χ4v) is 2.27. The molecule has 4 nitrogen and oxygen atoms in total. The van der Waals surface area contributed by atoms with E-state index in [-0.39, 0.29) is 5.56 Å². The molecule has 0 bridgehead atoms. The number of anilines is 1. The van der Waals surface area contributed by atoms with Gasteiger partial charge in [0, 0.05) is 7.05 Å². The number of nitrogen functional groups attached to an aromatic ring is 1. The van der Waals surface area contributed by atoms with Gasteiger partial charge in [0.05, 0.1) is 11.4 Å². The molecular formula is C14H19N3O. The second kappa shape index (κ2) is 4.72. The molecule has 96 valence electrons. The number of hydrogen-bond donors (Lipinski definition) is 1. The summed E-state index contributed by atoms with van der Waals surface area (Å²) in [4.78, 5) is 12.3. The zero-order chi connectivity index (χ0) is 13.3. The fraction of sp³-hybridized carbons (Fsp3) is 0.357. The second-order valence-corrected chi connectivity index (χ2v) is 4.54. The molecular weight excluding hydrogens is 226 g/mol. The van der Waals surface area contributed by atoms with Crippen molar-refractivity contribution in [1.29, 1.82) is 0 Å². The van der Waals surface area contributed by atoms with Crippen LogP contribution in [0.5, 0.6) is 0 Å². The first kappa shape index (κ1) is 12.5. The van der Waals surface area contributed by atoms with Crippen LogP contribution < -0.4 is 11.3 Å². The number of para-hydroxylation sites is 1. The van der Waals surface area contributed by atoms with E-state index in [2.05, 4.69) is 6.92 Å². The number of hydrogen-bond acceptors (Lipinski definition) is 2. The summed E-state index contributed by atoms with van der Waals surface area (Å²) >= 11 is 0. The quantitative estimate of drug-likeness (QED) is 0.899. The van der Waals surface area contributed by atoms with Crippen molar-refractivity contribution in [1.82, 2.24) is 9.36 Å². The molecule has 1 aromatic carbocycles. The first-order valence-electron chi connectivity index (χ1n) is 6.20. The van der Waals surface area contributed by atoms with Crippen LogP contribution in [0.25, 0.3) is 5.69 Å². The average molecular weight is 245 g/mol. The summed E-state index contributed by atoms with van der Waals surface area (Å²) in [5.41, 5.74) is 9.01. The van der Waals surface area contributed by atoms with Gasteiger partial charge < -0.3 is 5.73 Å². The Kier molecular flexibility index (Phi) is 3.28. The molecule has 1 heterocycles. The largest absolute Gasteiger partial charge is 0.393 e. The highest BCUT2D eigenvalue weighted by Gasteiger charge is 2.16. The lowest BCUT2D eigenvalue weighted by molar-refractivity contribution is 0.608. The molecule has 18 heavy (non-hydrogen) atoms. The van der Waals surface area contributed by atoms with Gasteiger partial charge in [-0.05, 0) is 25.0 Å². The lowest BCUT2D eigenvalue weighted by atomic mass is 10.2. The Labute approximate surface area is 107 Å². The van der Waals surface area contributed by atoms with Crippen LogP contribution in [-0.4, -0.2) is 9.36 Å². The molecule has 0 aliphatic carbocycles. The lowest BCUT2D eigenvalue weighted by Crippen LogP contribution is -2.21. The van der Waals surface area contributed by atoms with Crippen LogP contribution in [0.2, 0.25) is 0 Å². The van der Waals surface area contributed by atoms with E-state index in [0.717, 1.165) is 29.8 Å². The number of nitrogens with two attached hydrogens (primary N) is 1. The smallest absolute Gasteiger partial charge is 0.294 e. The van der Waals surface area contributed by atoms with E-state index in [4.69, 9.17) is 5.73 Å². The average Bonchev–Trinajstić information content (AvgIpc) is 2.55. The van der Waals surface area contributed by atoms with Crippen molar-refractivity contribution >= 4 is 5.69 Å². The molecule has 0 radical (unpaired) electrons. The van der Waals surface area contributed by atoms with Crippen molar-refractivity contribution < 1.29 is 0 Å². The third-order valence-corrected chi connectivity index (χ3v) is 3.25. The standard InChI is InChI=1S/C14H19N3O/c1-4-7-12-13(15)14(18)17(16(12)3)11-9-6-5-8-10(11)2/h5-6,8-9H,4,7,15H2,1-3H3. The SMILES string of the molecule is CCCc1c(N)c(=O)n(-c2ccccc2C)n1C. The summed E-state index contributed by atoms with van der Waals surface area (Å²) in [5, 5.41) is 0. The van der Waals surface area contributed by atoms with Crippen LogP contribution in [-0.2, 0) is 13.5 Å². The first-order chi connectivity index (χ1) is 8.57. The van der Waals surface area contributed by atoms with E-state index in [1.807, 2.05) is 42.9 Å². The molecule has 0 saturated carbocycles. The molecule has 4 heteroatoms. The van der Waals surface area contributed by atoms with Gasteiger partial charge in [0.1, 0.15) is 5.69 Å². The van der Waals surface area contributed by atoms with Crippen LogP contribution in [0.3, 0.4) is 0 Å². The van der Waals surface area contributed by atoms with Gasteiger partial charge in [0.25, 0.3) is 5.56 Å². The van der Waals surface area contributed by atoms with Gasteiger partial charge in [0.15, 0.2) is 0 Å². The van der Waals surface area contributed by atoms with Crippen molar-refractivity contribution in [3.63, 3.8) is 0 Å². The van der Waals surface area contributed by atoms with Gasteiger partial charge in [-0.2, -0.15) is 0 Å². The van der Waals surface area contributed by atoms with E-state index in [0.29, 0.717) is 5.69 Å². The lowest BCUT2D eigenvalue weighted by Gasteiger charge is -2.11. The van der Waals surface area contributed by atoms with Gasteiger partial charge in [-0.15, -0.1) is 0 Å². The Balaban J connectivity index is 2.70.